The summed E-state index contributed by atoms with van der Waals surface area (Å²) in [5.41, 5.74) is 1.19. The van der Waals surface area contributed by atoms with Gasteiger partial charge in [-0.1, -0.05) is 30.8 Å². The van der Waals surface area contributed by atoms with Crippen LogP contribution in [0.25, 0.3) is 0 Å². The number of carboxylic acid groups (broad SMARTS) is 1. The van der Waals surface area contributed by atoms with Crippen LogP contribution in [-0.2, 0) is 6.42 Å². The highest BCUT2D eigenvalue weighted by atomic mass is 32.2. The van der Waals surface area contributed by atoms with Crippen LogP contribution in [0.5, 0.6) is 5.75 Å². The van der Waals surface area contributed by atoms with Gasteiger partial charge in [-0.05, 0) is 42.3 Å². The lowest BCUT2D eigenvalue weighted by molar-refractivity contribution is 0.0693. The highest BCUT2D eigenvalue weighted by Gasteiger charge is 2.10. The van der Waals surface area contributed by atoms with Crippen LogP contribution in [0.3, 0.4) is 0 Å². The minimum absolute atomic E-state index is 0.0739. The average Bonchev–Trinajstić information content (AvgIpc) is 2.41. The molecule has 0 atom stereocenters. The van der Waals surface area contributed by atoms with Crippen molar-refractivity contribution in [2.24, 2.45) is 0 Å². The van der Waals surface area contributed by atoms with Gasteiger partial charge >= 0.3 is 5.97 Å². The summed E-state index contributed by atoms with van der Waals surface area (Å²) in [4.78, 5) is 12.8. The highest BCUT2D eigenvalue weighted by Crippen LogP contribution is 2.31. The molecule has 0 unspecified atom stereocenters. The second kappa shape index (κ2) is 5.80. The SMILES string of the molecule is CCc1ccc(Sc2ccc(O)c(C(=O)O)c2)cc1. The first-order chi connectivity index (χ1) is 9.10. The Morgan fingerprint density at radius 3 is 2.32 bits per heavy atom. The Labute approximate surface area is 115 Å². The maximum atomic E-state index is 10.9. The van der Waals surface area contributed by atoms with Crippen LogP contribution in [-0.4, -0.2) is 16.2 Å². The lowest BCUT2D eigenvalue weighted by Crippen LogP contribution is -1.96. The van der Waals surface area contributed by atoms with Crippen LogP contribution >= 0.6 is 11.8 Å². The van der Waals surface area contributed by atoms with E-state index in [-0.39, 0.29) is 11.3 Å². The predicted molar refractivity (Wildman–Crippen MR) is 75.0 cm³/mol. The third kappa shape index (κ3) is 3.29. The number of aromatic hydroxyl groups is 1. The van der Waals surface area contributed by atoms with E-state index >= 15 is 0 Å². The third-order valence-electron chi connectivity index (χ3n) is 2.77. The number of hydrogen-bond acceptors (Lipinski definition) is 3. The van der Waals surface area contributed by atoms with E-state index in [0.29, 0.717) is 0 Å². The number of aromatic carboxylic acids is 1. The number of carboxylic acids is 1. The first-order valence-corrected chi connectivity index (χ1v) is 6.75. The van der Waals surface area contributed by atoms with Gasteiger partial charge in [0.05, 0.1) is 0 Å². The molecule has 0 aliphatic heterocycles. The van der Waals surface area contributed by atoms with E-state index in [2.05, 4.69) is 19.1 Å². The minimum Gasteiger partial charge on any atom is -0.507 e. The topological polar surface area (TPSA) is 57.5 Å². The summed E-state index contributed by atoms with van der Waals surface area (Å²) < 4.78 is 0. The van der Waals surface area contributed by atoms with Gasteiger partial charge in [-0.25, -0.2) is 4.79 Å². The summed E-state index contributed by atoms with van der Waals surface area (Å²) in [6, 6.07) is 12.7. The summed E-state index contributed by atoms with van der Waals surface area (Å²) in [5.74, 6) is -1.33. The van der Waals surface area contributed by atoms with E-state index < -0.39 is 5.97 Å². The maximum Gasteiger partial charge on any atom is 0.339 e. The van der Waals surface area contributed by atoms with Crippen molar-refractivity contribution in [1.82, 2.24) is 0 Å². The zero-order valence-electron chi connectivity index (χ0n) is 10.5. The highest BCUT2D eigenvalue weighted by molar-refractivity contribution is 7.99. The normalized spacial score (nSPS) is 10.4. The van der Waals surface area contributed by atoms with Crippen molar-refractivity contribution in [1.29, 1.82) is 0 Å². The molecule has 0 radical (unpaired) electrons. The van der Waals surface area contributed by atoms with Gasteiger partial charge in [0, 0.05) is 9.79 Å². The van der Waals surface area contributed by atoms with Gasteiger partial charge in [0.2, 0.25) is 0 Å². The molecular weight excluding hydrogens is 260 g/mol. The largest absolute Gasteiger partial charge is 0.507 e. The zero-order chi connectivity index (χ0) is 13.8. The Kier molecular flexibility index (Phi) is 4.12. The molecule has 0 aliphatic carbocycles. The first kappa shape index (κ1) is 13.5. The predicted octanol–water partition coefficient (Wildman–Crippen LogP) is 3.80. The average molecular weight is 274 g/mol. The van der Waals surface area contributed by atoms with E-state index in [4.69, 9.17) is 5.11 Å². The summed E-state index contributed by atoms with van der Waals surface area (Å²) in [5, 5.41) is 18.4. The Balaban J connectivity index is 2.22. The molecule has 19 heavy (non-hydrogen) atoms. The Morgan fingerprint density at radius 2 is 1.74 bits per heavy atom. The van der Waals surface area contributed by atoms with Gasteiger partial charge in [0.15, 0.2) is 0 Å². The third-order valence-corrected chi connectivity index (χ3v) is 3.76. The number of aryl methyl sites for hydroxylation is 1. The van der Waals surface area contributed by atoms with Gasteiger partial charge in [0.25, 0.3) is 0 Å². The molecule has 98 valence electrons. The quantitative estimate of drug-likeness (QED) is 0.890. The molecule has 0 amide bonds. The summed E-state index contributed by atoms with van der Waals surface area (Å²) >= 11 is 1.47. The lowest BCUT2D eigenvalue weighted by Gasteiger charge is -2.05. The second-order valence-electron chi connectivity index (χ2n) is 4.08. The number of phenols is 1. The molecule has 3 nitrogen and oxygen atoms in total. The number of rotatable bonds is 4. The van der Waals surface area contributed by atoms with Crippen LogP contribution < -0.4 is 0 Å². The fourth-order valence-corrected chi connectivity index (χ4v) is 2.54. The maximum absolute atomic E-state index is 10.9. The molecule has 0 heterocycles. The van der Waals surface area contributed by atoms with Crippen LogP contribution in [0.2, 0.25) is 0 Å². The van der Waals surface area contributed by atoms with E-state index in [1.54, 1.807) is 6.07 Å². The van der Waals surface area contributed by atoms with Crippen molar-refractivity contribution in [3.8, 4) is 5.75 Å². The Morgan fingerprint density at radius 1 is 1.11 bits per heavy atom. The van der Waals surface area contributed by atoms with Crippen LogP contribution in [0.15, 0.2) is 52.3 Å². The molecular formula is C15H14O3S. The smallest absolute Gasteiger partial charge is 0.339 e. The molecule has 2 aromatic carbocycles. The molecule has 2 rings (SSSR count). The monoisotopic (exact) mass is 274 g/mol. The van der Waals surface area contributed by atoms with Gasteiger partial charge in [-0.15, -0.1) is 0 Å². The van der Waals surface area contributed by atoms with E-state index in [9.17, 15) is 9.90 Å². The van der Waals surface area contributed by atoms with Crippen molar-refractivity contribution in [2.45, 2.75) is 23.1 Å². The van der Waals surface area contributed by atoms with Gasteiger partial charge < -0.3 is 10.2 Å². The summed E-state index contributed by atoms with van der Waals surface area (Å²) in [6.45, 7) is 2.10. The molecule has 2 aromatic rings. The fourth-order valence-electron chi connectivity index (χ4n) is 1.68. The number of benzene rings is 2. The van der Waals surface area contributed by atoms with Gasteiger partial charge in [0.1, 0.15) is 11.3 Å². The summed E-state index contributed by atoms with van der Waals surface area (Å²) in [7, 11) is 0. The van der Waals surface area contributed by atoms with Crippen molar-refractivity contribution in [3.05, 3.63) is 53.6 Å². The molecule has 2 N–H and O–H groups in total. The Bertz CT molecular complexity index is 591. The molecule has 0 aromatic heterocycles. The van der Waals surface area contributed by atoms with E-state index in [1.165, 1.54) is 29.5 Å². The molecule has 0 fully saturated rings. The fraction of sp³-hybridized carbons (Fsp3) is 0.133. The molecule has 0 aliphatic rings. The van der Waals surface area contributed by atoms with E-state index in [0.717, 1.165) is 16.2 Å². The summed E-state index contributed by atoms with van der Waals surface area (Å²) in [6.07, 6.45) is 0.993. The van der Waals surface area contributed by atoms with Crippen LogP contribution in [0.4, 0.5) is 0 Å². The molecule has 0 bridgehead atoms. The second-order valence-corrected chi connectivity index (χ2v) is 5.23. The first-order valence-electron chi connectivity index (χ1n) is 5.93. The van der Waals surface area contributed by atoms with E-state index in [1.807, 2.05) is 12.1 Å². The van der Waals surface area contributed by atoms with Crippen molar-refractivity contribution >= 4 is 17.7 Å². The Hall–Kier alpha value is -1.94. The van der Waals surface area contributed by atoms with Gasteiger partial charge in [-0.3, -0.25) is 0 Å². The molecule has 0 saturated heterocycles. The van der Waals surface area contributed by atoms with Crippen molar-refractivity contribution < 1.29 is 15.0 Å². The standard InChI is InChI=1S/C15H14O3S/c1-2-10-3-5-11(6-4-10)19-12-7-8-14(16)13(9-12)15(17)18/h3-9,16H,2H2,1H3,(H,17,18). The number of hydrogen-bond donors (Lipinski definition) is 2. The van der Waals surface area contributed by atoms with Crippen molar-refractivity contribution in [2.75, 3.05) is 0 Å². The van der Waals surface area contributed by atoms with Crippen LogP contribution in [0.1, 0.15) is 22.8 Å². The molecule has 0 spiro atoms. The zero-order valence-corrected chi connectivity index (χ0v) is 11.3. The van der Waals surface area contributed by atoms with Crippen LogP contribution in [0, 0.1) is 0 Å². The lowest BCUT2D eigenvalue weighted by atomic mass is 10.2. The number of carbonyl (C=O) groups is 1. The molecule has 4 heteroatoms. The minimum atomic E-state index is -1.12. The van der Waals surface area contributed by atoms with Crippen molar-refractivity contribution in [3.63, 3.8) is 0 Å². The van der Waals surface area contributed by atoms with Gasteiger partial charge in [-0.2, -0.15) is 0 Å². The molecule has 0 saturated carbocycles.